The van der Waals surface area contributed by atoms with Crippen molar-refractivity contribution in [3.63, 3.8) is 0 Å². The van der Waals surface area contributed by atoms with Crippen LogP contribution in [0.2, 0.25) is 0 Å². The maximum absolute atomic E-state index is 11.7. The van der Waals surface area contributed by atoms with Gasteiger partial charge < -0.3 is 14.8 Å². The van der Waals surface area contributed by atoms with Crippen LogP contribution >= 0.6 is 0 Å². The van der Waals surface area contributed by atoms with Crippen LogP contribution in [0.4, 0.5) is 0 Å². The maximum atomic E-state index is 11.7. The van der Waals surface area contributed by atoms with Gasteiger partial charge in [0.05, 0.1) is 12.9 Å². The number of nitrogens with zero attached hydrogens (tertiary/aromatic N) is 1. The highest BCUT2D eigenvalue weighted by Gasteiger charge is 2.11. The molecule has 0 unspecified atom stereocenters. The molecule has 0 heterocycles. The van der Waals surface area contributed by atoms with E-state index in [0.29, 0.717) is 12.4 Å². The summed E-state index contributed by atoms with van der Waals surface area (Å²) in [7, 11) is -0.120. The van der Waals surface area contributed by atoms with E-state index in [1.165, 1.54) is 11.4 Å². The summed E-state index contributed by atoms with van der Waals surface area (Å²) in [6.07, 6.45) is 1.16. The van der Waals surface area contributed by atoms with Gasteiger partial charge in [0.15, 0.2) is 6.61 Å². The molecule has 0 bridgehead atoms. The van der Waals surface area contributed by atoms with E-state index in [1.54, 1.807) is 31.4 Å². The second kappa shape index (κ2) is 8.85. The van der Waals surface area contributed by atoms with Crippen molar-refractivity contribution >= 4 is 15.9 Å². The topological polar surface area (TPSA) is 84.9 Å². The molecule has 0 saturated carbocycles. The van der Waals surface area contributed by atoms with E-state index < -0.39 is 10.0 Å². The van der Waals surface area contributed by atoms with Gasteiger partial charge >= 0.3 is 0 Å². The van der Waals surface area contributed by atoms with Crippen LogP contribution in [0.3, 0.4) is 0 Å². The van der Waals surface area contributed by atoms with Gasteiger partial charge in [-0.05, 0) is 24.6 Å². The highest BCUT2D eigenvalue weighted by atomic mass is 32.2. The number of carbonyl (C=O) groups is 1. The zero-order valence-corrected chi connectivity index (χ0v) is 14.7. The van der Waals surface area contributed by atoms with E-state index in [4.69, 9.17) is 9.47 Å². The molecule has 0 aliphatic heterocycles. The number of hydrogen-bond acceptors (Lipinski definition) is 5. The average molecular weight is 344 g/mol. The lowest BCUT2D eigenvalue weighted by Crippen LogP contribution is -2.38. The standard InChI is InChI=1S/C15H24N2O5S/c1-12(10-21-3)16-15(18)11-22-14-7-5-13(6-8-14)9-17(2)23(4,19)20/h5-8,12H,9-11H2,1-4H3,(H,16,18)/t12-/m0/s1. The van der Waals surface area contributed by atoms with Gasteiger partial charge in [-0.2, -0.15) is 0 Å². The number of nitrogens with one attached hydrogen (secondary N) is 1. The Bertz CT molecular complexity index is 601. The molecule has 23 heavy (non-hydrogen) atoms. The van der Waals surface area contributed by atoms with Crippen molar-refractivity contribution in [1.82, 2.24) is 9.62 Å². The van der Waals surface area contributed by atoms with Gasteiger partial charge in [-0.1, -0.05) is 12.1 Å². The van der Waals surface area contributed by atoms with Crippen molar-refractivity contribution < 1.29 is 22.7 Å². The molecular weight excluding hydrogens is 320 g/mol. The van der Waals surface area contributed by atoms with E-state index in [2.05, 4.69) is 5.32 Å². The van der Waals surface area contributed by atoms with E-state index in [9.17, 15) is 13.2 Å². The van der Waals surface area contributed by atoms with E-state index in [0.717, 1.165) is 11.8 Å². The molecule has 1 aromatic carbocycles. The Morgan fingerprint density at radius 1 is 1.30 bits per heavy atom. The smallest absolute Gasteiger partial charge is 0.258 e. The molecule has 8 heteroatoms. The molecule has 0 fully saturated rings. The second-order valence-corrected chi connectivity index (χ2v) is 7.46. The molecule has 1 amide bonds. The van der Waals surface area contributed by atoms with Gasteiger partial charge in [0.25, 0.3) is 5.91 Å². The number of rotatable bonds is 9. The van der Waals surface area contributed by atoms with Crippen molar-refractivity contribution in [1.29, 1.82) is 0 Å². The van der Waals surface area contributed by atoms with Crippen molar-refractivity contribution in [3.05, 3.63) is 29.8 Å². The fraction of sp³-hybridized carbons (Fsp3) is 0.533. The van der Waals surface area contributed by atoms with Gasteiger partial charge in [0.2, 0.25) is 10.0 Å². The summed E-state index contributed by atoms with van der Waals surface area (Å²) in [6, 6.07) is 6.87. The third-order valence-electron chi connectivity index (χ3n) is 3.09. The van der Waals surface area contributed by atoms with Crippen LogP contribution in [-0.4, -0.2) is 58.3 Å². The van der Waals surface area contributed by atoms with Crippen LogP contribution in [-0.2, 0) is 26.1 Å². The van der Waals surface area contributed by atoms with Gasteiger partial charge in [-0.3, -0.25) is 4.79 Å². The van der Waals surface area contributed by atoms with Crippen molar-refractivity contribution in [2.75, 3.05) is 33.6 Å². The number of methoxy groups -OCH3 is 1. The van der Waals surface area contributed by atoms with Crippen molar-refractivity contribution in [2.24, 2.45) is 0 Å². The Hall–Kier alpha value is -1.64. The van der Waals surface area contributed by atoms with Crippen molar-refractivity contribution in [3.8, 4) is 5.75 Å². The van der Waals surface area contributed by atoms with Crippen LogP contribution in [0.5, 0.6) is 5.75 Å². The van der Waals surface area contributed by atoms with Crippen molar-refractivity contribution in [2.45, 2.75) is 19.5 Å². The summed E-state index contributed by atoms with van der Waals surface area (Å²) in [5.41, 5.74) is 0.837. The van der Waals surface area contributed by atoms with Crippen LogP contribution < -0.4 is 10.1 Å². The predicted octanol–water partition coefficient (Wildman–Crippen LogP) is 0.608. The molecule has 0 aliphatic rings. The number of sulfonamides is 1. The largest absolute Gasteiger partial charge is 0.484 e. The average Bonchev–Trinajstić information content (AvgIpc) is 2.45. The van der Waals surface area contributed by atoms with Crippen LogP contribution in [0, 0.1) is 0 Å². The Labute approximate surface area is 137 Å². The molecule has 1 aromatic rings. The Kier molecular flexibility index (Phi) is 7.47. The first-order valence-corrected chi connectivity index (χ1v) is 8.98. The molecule has 0 aliphatic carbocycles. The first kappa shape index (κ1) is 19.4. The van der Waals surface area contributed by atoms with E-state index in [1.807, 2.05) is 6.92 Å². The lowest BCUT2D eigenvalue weighted by molar-refractivity contribution is -0.124. The third kappa shape index (κ3) is 7.45. The molecule has 0 aromatic heterocycles. The zero-order valence-electron chi connectivity index (χ0n) is 13.9. The van der Waals surface area contributed by atoms with Crippen LogP contribution in [0.15, 0.2) is 24.3 Å². The fourth-order valence-electron chi connectivity index (χ4n) is 1.82. The number of hydrogen-bond donors (Lipinski definition) is 1. The predicted molar refractivity (Wildman–Crippen MR) is 87.7 cm³/mol. The van der Waals surface area contributed by atoms with Crippen LogP contribution in [0.1, 0.15) is 12.5 Å². The van der Waals surface area contributed by atoms with E-state index in [-0.39, 0.29) is 25.1 Å². The summed E-state index contributed by atoms with van der Waals surface area (Å²) >= 11 is 0. The Morgan fingerprint density at radius 3 is 2.43 bits per heavy atom. The quantitative estimate of drug-likeness (QED) is 0.709. The fourth-order valence-corrected chi connectivity index (χ4v) is 2.21. The molecule has 1 N–H and O–H groups in total. The molecule has 0 radical (unpaired) electrons. The Balaban J connectivity index is 2.47. The molecule has 0 spiro atoms. The minimum absolute atomic E-state index is 0.0787. The monoisotopic (exact) mass is 344 g/mol. The van der Waals surface area contributed by atoms with Gasteiger partial charge in [0.1, 0.15) is 5.75 Å². The molecule has 7 nitrogen and oxygen atoms in total. The lowest BCUT2D eigenvalue weighted by atomic mass is 10.2. The number of carbonyl (C=O) groups excluding carboxylic acids is 1. The molecule has 1 rings (SSSR count). The summed E-state index contributed by atoms with van der Waals surface area (Å²) in [4.78, 5) is 11.7. The number of amides is 1. The second-order valence-electron chi connectivity index (χ2n) is 5.38. The summed E-state index contributed by atoms with van der Waals surface area (Å²) in [6.45, 7) is 2.48. The van der Waals surface area contributed by atoms with Crippen LogP contribution in [0.25, 0.3) is 0 Å². The molecule has 130 valence electrons. The molecular formula is C15H24N2O5S. The van der Waals surface area contributed by atoms with Gasteiger partial charge in [-0.25, -0.2) is 12.7 Å². The SMILES string of the molecule is COC[C@H](C)NC(=O)COc1ccc(CN(C)S(C)(=O)=O)cc1. The zero-order chi connectivity index (χ0) is 17.5. The summed E-state index contributed by atoms with van der Waals surface area (Å²) < 4.78 is 34.3. The normalized spacial score (nSPS) is 12.9. The first-order chi connectivity index (χ1) is 10.7. The van der Waals surface area contributed by atoms with Gasteiger partial charge in [-0.15, -0.1) is 0 Å². The minimum atomic E-state index is -3.21. The summed E-state index contributed by atoms with van der Waals surface area (Å²) in [5, 5.41) is 2.74. The minimum Gasteiger partial charge on any atom is -0.484 e. The number of ether oxygens (including phenoxy) is 2. The lowest BCUT2D eigenvalue weighted by Gasteiger charge is -2.15. The highest BCUT2D eigenvalue weighted by Crippen LogP contribution is 2.14. The molecule has 1 atom stereocenters. The highest BCUT2D eigenvalue weighted by molar-refractivity contribution is 7.88. The maximum Gasteiger partial charge on any atom is 0.258 e. The van der Waals surface area contributed by atoms with Gasteiger partial charge in [0, 0.05) is 26.7 Å². The first-order valence-electron chi connectivity index (χ1n) is 7.13. The Morgan fingerprint density at radius 2 is 1.91 bits per heavy atom. The summed E-state index contributed by atoms with van der Waals surface area (Å²) in [5.74, 6) is 0.320. The third-order valence-corrected chi connectivity index (χ3v) is 4.35. The molecule has 0 saturated heterocycles. The van der Waals surface area contributed by atoms with E-state index >= 15 is 0 Å². The number of benzene rings is 1.